The van der Waals surface area contributed by atoms with Gasteiger partial charge in [0.15, 0.2) is 0 Å². The van der Waals surface area contributed by atoms with Crippen molar-refractivity contribution in [1.82, 2.24) is 4.89 Å². The monoisotopic (exact) mass is 123 g/mol. The molecule has 1 N–H and O–H groups in total. The van der Waals surface area contributed by atoms with E-state index in [1.165, 1.54) is 0 Å². The van der Waals surface area contributed by atoms with Gasteiger partial charge in [0.05, 0.1) is 6.61 Å². The van der Waals surface area contributed by atoms with Gasteiger partial charge in [-0.1, -0.05) is 0 Å². The number of thiol groups is 1. The van der Waals surface area contributed by atoms with Gasteiger partial charge in [-0.2, -0.15) is 16.0 Å². The Kier molecular flexibility index (Phi) is 4.60. The van der Waals surface area contributed by atoms with Gasteiger partial charge in [0.25, 0.3) is 0 Å². The van der Waals surface area contributed by atoms with Gasteiger partial charge < -0.3 is 0 Å². The minimum absolute atomic E-state index is 0.0786. The van der Waals surface area contributed by atoms with Crippen molar-refractivity contribution in [1.29, 1.82) is 0 Å². The van der Waals surface area contributed by atoms with Crippen molar-refractivity contribution >= 4 is 11.1 Å². The highest BCUT2D eigenvalue weighted by Gasteiger charge is 1.79. The van der Waals surface area contributed by atoms with Crippen molar-refractivity contribution in [2.24, 2.45) is 0 Å². The lowest BCUT2D eigenvalue weighted by Crippen LogP contribution is -2.08. The zero-order chi connectivity index (χ0) is 5.70. The Bertz CT molecular complexity index is 40.7. The molecule has 0 heterocycles. The van der Waals surface area contributed by atoms with E-state index >= 15 is 0 Å². The van der Waals surface area contributed by atoms with Gasteiger partial charge in [-0.25, -0.2) is 0 Å². The van der Waals surface area contributed by atoms with Crippen LogP contribution in [-0.2, 0) is 4.84 Å². The molecule has 0 saturated heterocycles. The third kappa shape index (κ3) is 6.27. The summed E-state index contributed by atoms with van der Waals surface area (Å²) in [5, 5.41) is 0. The molecule has 0 saturated carbocycles. The molecule has 0 bridgehead atoms. The summed E-state index contributed by atoms with van der Waals surface area (Å²) in [6.07, 6.45) is 4.20. The second-order valence-electron chi connectivity index (χ2n) is 1.42. The third-order valence-corrected chi connectivity index (χ3v) is 0.886. The zero-order valence-corrected chi connectivity index (χ0v) is 5.96. The Morgan fingerprint density at radius 1 is 1.57 bits per heavy atom. The maximum atomic E-state index is 4.87. The van der Waals surface area contributed by atoms with Crippen molar-refractivity contribution in [2.45, 2.75) is 6.92 Å². The second-order valence-corrected chi connectivity index (χ2v) is 3.39. The molecule has 7 heavy (non-hydrogen) atoms. The summed E-state index contributed by atoms with van der Waals surface area (Å²) in [6, 6.07) is 0. The standard InChI is InChI=1S/C4H13NOS/c1-4-6-5-7(2)3/h5,7H,4H2,1-3H3. The molecule has 0 amide bonds. The minimum Gasteiger partial charge on any atom is -0.293 e. The van der Waals surface area contributed by atoms with Crippen molar-refractivity contribution in [3.63, 3.8) is 0 Å². The summed E-state index contributed by atoms with van der Waals surface area (Å²) in [4.78, 5) is 7.73. The number of hydrogen-bond acceptors (Lipinski definition) is 2. The van der Waals surface area contributed by atoms with Crippen LogP contribution >= 0.6 is 11.1 Å². The van der Waals surface area contributed by atoms with Gasteiger partial charge in [-0.3, -0.25) is 4.84 Å². The van der Waals surface area contributed by atoms with E-state index in [0.29, 0.717) is 0 Å². The molecule has 0 aliphatic rings. The molecule has 0 fully saturated rings. The Morgan fingerprint density at radius 2 is 2.14 bits per heavy atom. The van der Waals surface area contributed by atoms with E-state index in [0.717, 1.165) is 6.61 Å². The molecule has 3 heteroatoms. The average Bonchev–Trinajstić information content (AvgIpc) is 1.61. The van der Waals surface area contributed by atoms with Crippen LogP contribution in [0, 0.1) is 0 Å². The largest absolute Gasteiger partial charge is 0.293 e. The van der Waals surface area contributed by atoms with E-state index in [1.54, 1.807) is 0 Å². The van der Waals surface area contributed by atoms with Crippen LogP contribution in [0.3, 0.4) is 0 Å². The summed E-state index contributed by atoms with van der Waals surface area (Å²) in [6.45, 7) is 2.71. The van der Waals surface area contributed by atoms with Gasteiger partial charge in [0.1, 0.15) is 0 Å². The Balaban J connectivity index is 2.68. The predicted octanol–water partition coefficient (Wildman–Crippen LogP) is 0.703. The quantitative estimate of drug-likeness (QED) is 0.426. The molecule has 0 aliphatic carbocycles. The van der Waals surface area contributed by atoms with E-state index in [1.807, 2.05) is 6.92 Å². The summed E-state index contributed by atoms with van der Waals surface area (Å²) < 4.78 is 0. The molecule has 0 aromatic rings. The molecule has 0 rings (SSSR count). The van der Waals surface area contributed by atoms with E-state index < -0.39 is 0 Å². The lowest BCUT2D eigenvalue weighted by atomic mass is 10.9. The van der Waals surface area contributed by atoms with E-state index in [4.69, 9.17) is 4.84 Å². The number of nitrogens with one attached hydrogen (secondary N) is 1. The van der Waals surface area contributed by atoms with Crippen LogP contribution in [0.5, 0.6) is 0 Å². The average molecular weight is 123 g/mol. The van der Waals surface area contributed by atoms with Gasteiger partial charge in [-0.15, -0.1) is 0 Å². The zero-order valence-electron chi connectivity index (χ0n) is 5.06. The van der Waals surface area contributed by atoms with Crippen molar-refractivity contribution in [2.75, 3.05) is 19.1 Å². The van der Waals surface area contributed by atoms with Crippen molar-refractivity contribution < 1.29 is 4.84 Å². The Morgan fingerprint density at radius 3 is 2.29 bits per heavy atom. The molecule has 0 atom stereocenters. The molecule has 2 nitrogen and oxygen atoms in total. The normalized spacial score (nSPS) is 11.6. The highest BCUT2D eigenvalue weighted by Crippen LogP contribution is 2.03. The highest BCUT2D eigenvalue weighted by atomic mass is 32.2. The lowest BCUT2D eigenvalue weighted by Gasteiger charge is -2.08. The van der Waals surface area contributed by atoms with Crippen LogP contribution in [0.2, 0.25) is 0 Å². The molecular formula is C4H13NOS. The molecule has 0 aliphatic heterocycles. The maximum absolute atomic E-state index is 4.87. The second kappa shape index (κ2) is 4.43. The van der Waals surface area contributed by atoms with Crippen LogP contribution < -0.4 is 4.89 Å². The summed E-state index contributed by atoms with van der Waals surface area (Å²) in [7, 11) is 0. The van der Waals surface area contributed by atoms with E-state index in [2.05, 4.69) is 17.4 Å². The van der Waals surface area contributed by atoms with Crippen LogP contribution in [0.1, 0.15) is 6.92 Å². The van der Waals surface area contributed by atoms with Crippen molar-refractivity contribution in [3.8, 4) is 0 Å². The third-order valence-electron chi connectivity index (χ3n) is 0.391. The molecule has 0 aromatic heterocycles. The molecule has 0 spiro atoms. The fourth-order valence-corrected chi connectivity index (χ4v) is 0.581. The summed E-state index contributed by atoms with van der Waals surface area (Å²) in [5.74, 6) is 0. The summed E-state index contributed by atoms with van der Waals surface area (Å²) >= 11 is -0.0786. The van der Waals surface area contributed by atoms with Crippen LogP contribution in [-0.4, -0.2) is 19.1 Å². The Hall–Kier alpha value is 0.270. The SMILES string of the molecule is CCON[SH](C)C. The van der Waals surface area contributed by atoms with Crippen LogP contribution in [0.15, 0.2) is 0 Å². The van der Waals surface area contributed by atoms with Gasteiger partial charge in [0, 0.05) is 0 Å². The molecule has 0 unspecified atom stereocenters. The predicted molar refractivity (Wildman–Crippen MR) is 35.6 cm³/mol. The molecular weight excluding hydrogens is 110 g/mol. The highest BCUT2D eigenvalue weighted by molar-refractivity contribution is 8.13. The van der Waals surface area contributed by atoms with Crippen LogP contribution in [0.25, 0.3) is 0 Å². The number of hydrogen-bond donors (Lipinski definition) is 2. The Labute approximate surface area is 47.7 Å². The van der Waals surface area contributed by atoms with E-state index in [-0.39, 0.29) is 11.1 Å². The van der Waals surface area contributed by atoms with E-state index in [9.17, 15) is 0 Å². The number of rotatable bonds is 3. The lowest BCUT2D eigenvalue weighted by molar-refractivity contribution is 0.113. The van der Waals surface area contributed by atoms with Gasteiger partial charge in [0.2, 0.25) is 0 Å². The first-order valence-electron chi connectivity index (χ1n) is 2.32. The fourth-order valence-electron chi connectivity index (χ4n) is 0.194. The minimum atomic E-state index is -0.0786. The van der Waals surface area contributed by atoms with Crippen molar-refractivity contribution in [3.05, 3.63) is 0 Å². The van der Waals surface area contributed by atoms with Gasteiger partial charge >= 0.3 is 0 Å². The molecule has 46 valence electrons. The first kappa shape index (κ1) is 7.27. The first-order chi connectivity index (χ1) is 3.27. The fraction of sp³-hybridized carbons (Fsp3) is 1.00. The first-order valence-corrected chi connectivity index (χ1v) is 4.55. The topological polar surface area (TPSA) is 21.3 Å². The molecule has 0 radical (unpaired) electrons. The summed E-state index contributed by atoms with van der Waals surface area (Å²) in [5.41, 5.74) is 0. The van der Waals surface area contributed by atoms with Gasteiger partial charge in [-0.05, 0) is 19.4 Å². The smallest absolute Gasteiger partial charge is 0.0664 e. The maximum Gasteiger partial charge on any atom is 0.0664 e. The molecule has 0 aromatic carbocycles. The van der Waals surface area contributed by atoms with Crippen LogP contribution in [0.4, 0.5) is 0 Å².